The SMILES string of the molecule is NCC(Oc1cccc(CO)c1)c1ccccc1Br. The summed E-state index contributed by atoms with van der Waals surface area (Å²) in [5.41, 5.74) is 7.63. The van der Waals surface area contributed by atoms with Crippen LogP contribution in [0.2, 0.25) is 0 Å². The van der Waals surface area contributed by atoms with Crippen molar-refractivity contribution in [3.63, 3.8) is 0 Å². The number of hydrogen-bond donors (Lipinski definition) is 2. The second kappa shape index (κ2) is 6.70. The van der Waals surface area contributed by atoms with Gasteiger partial charge in [-0.1, -0.05) is 46.3 Å². The van der Waals surface area contributed by atoms with Crippen LogP contribution in [-0.4, -0.2) is 11.7 Å². The van der Waals surface area contributed by atoms with Gasteiger partial charge in [-0.15, -0.1) is 0 Å². The lowest BCUT2D eigenvalue weighted by Crippen LogP contribution is -2.19. The van der Waals surface area contributed by atoms with Crippen molar-refractivity contribution in [2.45, 2.75) is 12.7 Å². The smallest absolute Gasteiger partial charge is 0.137 e. The first-order valence-corrected chi connectivity index (χ1v) is 6.85. The highest BCUT2D eigenvalue weighted by Gasteiger charge is 2.14. The van der Waals surface area contributed by atoms with E-state index in [2.05, 4.69) is 15.9 Å². The summed E-state index contributed by atoms with van der Waals surface area (Å²) in [7, 11) is 0. The molecule has 3 nitrogen and oxygen atoms in total. The zero-order valence-corrected chi connectivity index (χ0v) is 12.0. The maximum Gasteiger partial charge on any atom is 0.137 e. The fraction of sp³-hybridized carbons (Fsp3) is 0.200. The lowest BCUT2D eigenvalue weighted by atomic mass is 10.1. The number of benzene rings is 2. The number of ether oxygens (including phenoxy) is 1. The van der Waals surface area contributed by atoms with Gasteiger partial charge in [0, 0.05) is 16.6 Å². The van der Waals surface area contributed by atoms with E-state index in [1.165, 1.54) is 0 Å². The second-order valence-corrected chi connectivity index (χ2v) is 5.02. The molecule has 0 aromatic heterocycles. The number of hydrogen-bond acceptors (Lipinski definition) is 3. The zero-order chi connectivity index (χ0) is 13.7. The largest absolute Gasteiger partial charge is 0.484 e. The van der Waals surface area contributed by atoms with Crippen LogP contribution in [0.4, 0.5) is 0 Å². The molecule has 100 valence electrons. The molecule has 0 heterocycles. The molecular formula is C15H16BrNO2. The molecule has 0 aliphatic carbocycles. The van der Waals surface area contributed by atoms with Crippen LogP contribution in [-0.2, 0) is 6.61 Å². The van der Waals surface area contributed by atoms with Gasteiger partial charge in [0.15, 0.2) is 0 Å². The minimum atomic E-state index is -0.218. The van der Waals surface area contributed by atoms with E-state index in [-0.39, 0.29) is 12.7 Å². The molecule has 1 unspecified atom stereocenters. The summed E-state index contributed by atoms with van der Waals surface area (Å²) in [6.45, 7) is 0.380. The Hall–Kier alpha value is -1.36. The molecule has 4 heteroatoms. The Bertz CT molecular complexity index is 545. The van der Waals surface area contributed by atoms with Crippen LogP contribution in [0.25, 0.3) is 0 Å². The fourth-order valence-corrected chi connectivity index (χ4v) is 2.40. The predicted octanol–water partition coefficient (Wildman–Crippen LogP) is 3.02. The summed E-state index contributed by atoms with van der Waals surface area (Å²) >= 11 is 3.50. The number of halogens is 1. The standard InChI is InChI=1S/C15H16BrNO2/c16-14-7-2-1-6-13(14)15(9-17)19-12-5-3-4-11(8-12)10-18/h1-8,15,18H,9-10,17H2. The van der Waals surface area contributed by atoms with Crippen molar-refractivity contribution in [1.29, 1.82) is 0 Å². The van der Waals surface area contributed by atoms with Crippen LogP contribution in [0, 0.1) is 0 Å². The van der Waals surface area contributed by atoms with Crippen molar-refractivity contribution in [2.24, 2.45) is 5.73 Å². The topological polar surface area (TPSA) is 55.5 Å². The van der Waals surface area contributed by atoms with Crippen molar-refractivity contribution in [3.8, 4) is 5.75 Å². The average Bonchev–Trinajstić information content (AvgIpc) is 2.46. The van der Waals surface area contributed by atoms with Crippen LogP contribution < -0.4 is 10.5 Å². The minimum Gasteiger partial charge on any atom is -0.484 e. The second-order valence-electron chi connectivity index (χ2n) is 4.17. The van der Waals surface area contributed by atoms with E-state index < -0.39 is 0 Å². The predicted molar refractivity (Wildman–Crippen MR) is 78.9 cm³/mol. The van der Waals surface area contributed by atoms with Gasteiger partial charge in [0.25, 0.3) is 0 Å². The highest BCUT2D eigenvalue weighted by molar-refractivity contribution is 9.10. The van der Waals surface area contributed by atoms with Crippen LogP contribution >= 0.6 is 15.9 Å². The lowest BCUT2D eigenvalue weighted by Gasteiger charge is -2.19. The molecule has 0 spiro atoms. The van der Waals surface area contributed by atoms with Crippen molar-refractivity contribution in [2.75, 3.05) is 6.54 Å². The highest BCUT2D eigenvalue weighted by atomic mass is 79.9. The monoisotopic (exact) mass is 321 g/mol. The lowest BCUT2D eigenvalue weighted by molar-refractivity contribution is 0.212. The summed E-state index contributed by atoms with van der Waals surface area (Å²) in [5, 5.41) is 9.13. The summed E-state index contributed by atoms with van der Waals surface area (Å²) in [4.78, 5) is 0. The normalized spacial score (nSPS) is 12.2. The van der Waals surface area contributed by atoms with Gasteiger partial charge >= 0.3 is 0 Å². The highest BCUT2D eigenvalue weighted by Crippen LogP contribution is 2.27. The molecule has 0 fully saturated rings. The van der Waals surface area contributed by atoms with Crippen LogP contribution in [0.3, 0.4) is 0 Å². The molecule has 19 heavy (non-hydrogen) atoms. The molecule has 0 amide bonds. The Kier molecular flexibility index (Phi) is 4.96. The third kappa shape index (κ3) is 3.56. The molecule has 0 bridgehead atoms. The number of nitrogens with two attached hydrogens (primary N) is 1. The molecule has 3 N–H and O–H groups in total. The number of aliphatic hydroxyl groups is 1. The molecular weight excluding hydrogens is 306 g/mol. The first-order chi connectivity index (χ1) is 9.24. The van der Waals surface area contributed by atoms with Gasteiger partial charge in [0.05, 0.1) is 6.61 Å². The van der Waals surface area contributed by atoms with Crippen LogP contribution in [0.1, 0.15) is 17.2 Å². The molecule has 0 aliphatic rings. The van der Waals surface area contributed by atoms with Crippen molar-refractivity contribution in [3.05, 3.63) is 64.1 Å². The maximum atomic E-state index is 9.13. The van der Waals surface area contributed by atoms with E-state index in [0.717, 1.165) is 15.6 Å². The molecule has 1 atom stereocenters. The Morgan fingerprint density at radius 2 is 1.95 bits per heavy atom. The van der Waals surface area contributed by atoms with E-state index in [4.69, 9.17) is 15.6 Å². The number of rotatable bonds is 5. The number of aliphatic hydroxyl groups excluding tert-OH is 1. The van der Waals surface area contributed by atoms with Crippen LogP contribution in [0.5, 0.6) is 5.75 Å². The summed E-state index contributed by atoms with van der Waals surface area (Å²) < 4.78 is 6.88. The van der Waals surface area contributed by atoms with E-state index in [1.54, 1.807) is 0 Å². The van der Waals surface area contributed by atoms with E-state index in [9.17, 15) is 0 Å². The molecule has 0 aliphatic heterocycles. The van der Waals surface area contributed by atoms with Gasteiger partial charge in [-0.25, -0.2) is 0 Å². The molecule has 2 rings (SSSR count). The Balaban J connectivity index is 2.21. The van der Waals surface area contributed by atoms with Gasteiger partial charge in [-0.2, -0.15) is 0 Å². The minimum absolute atomic E-state index is 0.000473. The third-order valence-corrected chi connectivity index (χ3v) is 3.55. The van der Waals surface area contributed by atoms with Crippen molar-refractivity contribution >= 4 is 15.9 Å². The summed E-state index contributed by atoms with van der Waals surface area (Å²) in [6, 6.07) is 15.2. The first-order valence-electron chi connectivity index (χ1n) is 6.05. The average molecular weight is 322 g/mol. The van der Waals surface area contributed by atoms with Crippen molar-refractivity contribution < 1.29 is 9.84 Å². The molecule has 2 aromatic carbocycles. The van der Waals surface area contributed by atoms with E-state index >= 15 is 0 Å². The maximum absolute atomic E-state index is 9.13. The Morgan fingerprint density at radius 1 is 1.16 bits per heavy atom. The Labute approximate surface area is 121 Å². The van der Waals surface area contributed by atoms with E-state index in [1.807, 2.05) is 48.5 Å². The summed E-state index contributed by atoms with van der Waals surface area (Å²) in [5.74, 6) is 0.706. The molecule has 0 saturated heterocycles. The quantitative estimate of drug-likeness (QED) is 0.890. The molecule has 0 saturated carbocycles. The first kappa shape index (κ1) is 14.1. The van der Waals surface area contributed by atoms with Gasteiger partial charge in [0.1, 0.15) is 11.9 Å². The van der Waals surface area contributed by atoms with E-state index in [0.29, 0.717) is 12.3 Å². The van der Waals surface area contributed by atoms with Gasteiger partial charge < -0.3 is 15.6 Å². The Morgan fingerprint density at radius 3 is 2.63 bits per heavy atom. The fourth-order valence-electron chi connectivity index (χ4n) is 1.86. The molecule has 2 aromatic rings. The van der Waals surface area contributed by atoms with Gasteiger partial charge in [-0.05, 0) is 23.8 Å². The van der Waals surface area contributed by atoms with Crippen LogP contribution in [0.15, 0.2) is 53.0 Å². The summed E-state index contributed by atoms with van der Waals surface area (Å²) in [6.07, 6.45) is -0.218. The zero-order valence-electron chi connectivity index (χ0n) is 10.4. The van der Waals surface area contributed by atoms with Gasteiger partial charge in [0.2, 0.25) is 0 Å². The van der Waals surface area contributed by atoms with Gasteiger partial charge in [-0.3, -0.25) is 0 Å². The molecule has 0 radical (unpaired) electrons. The van der Waals surface area contributed by atoms with Crippen molar-refractivity contribution in [1.82, 2.24) is 0 Å². The third-order valence-electron chi connectivity index (χ3n) is 2.83.